The van der Waals surface area contributed by atoms with Crippen LogP contribution in [0.25, 0.3) is 10.9 Å². The van der Waals surface area contributed by atoms with Gasteiger partial charge in [0.05, 0.1) is 16.6 Å². The average Bonchev–Trinajstić information content (AvgIpc) is 3.25. The van der Waals surface area contributed by atoms with Crippen LogP contribution < -0.4 is 5.32 Å². The van der Waals surface area contributed by atoms with E-state index in [2.05, 4.69) is 15.5 Å². The molecule has 3 aromatic rings. The van der Waals surface area contributed by atoms with Crippen LogP contribution in [0.5, 0.6) is 0 Å². The van der Waals surface area contributed by atoms with E-state index in [-0.39, 0.29) is 6.04 Å². The number of fused-ring (bicyclic) bond motifs is 1. The van der Waals surface area contributed by atoms with Crippen molar-refractivity contribution in [1.29, 1.82) is 0 Å². The molecule has 7 heteroatoms. The van der Waals surface area contributed by atoms with E-state index in [4.69, 9.17) is 0 Å². The molecule has 1 aromatic heterocycles. The van der Waals surface area contributed by atoms with Gasteiger partial charge in [-0.1, -0.05) is 18.2 Å². The predicted molar refractivity (Wildman–Crippen MR) is 93.3 cm³/mol. The van der Waals surface area contributed by atoms with Gasteiger partial charge in [0.1, 0.15) is 0 Å². The largest absolute Gasteiger partial charge is 0.381 e. The van der Waals surface area contributed by atoms with Gasteiger partial charge in [0.25, 0.3) is 0 Å². The van der Waals surface area contributed by atoms with Gasteiger partial charge in [0.2, 0.25) is 10.0 Å². The number of benzene rings is 2. The number of aromatic nitrogens is 2. The van der Waals surface area contributed by atoms with Gasteiger partial charge < -0.3 is 5.32 Å². The predicted octanol–water partition coefficient (Wildman–Crippen LogP) is 2.44. The van der Waals surface area contributed by atoms with Gasteiger partial charge in [0.15, 0.2) is 0 Å². The highest BCUT2D eigenvalue weighted by Gasteiger charge is 2.32. The normalized spacial score (nSPS) is 18.9. The van der Waals surface area contributed by atoms with Crippen molar-refractivity contribution in [3.05, 3.63) is 54.7 Å². The maximum Gasteiger partial charge on any atom is 0.243 e. The Labute approximate surface area is 140 Å². The number of rotatable bonds is 4. The molecule has 1 unspecified atom stereocenters. The van der Waals surface area contributed by atoms with Crippen molar-refractivity contribution in [3.63, 3.8) is 0 Å². The van der Waals surface area contributed by atoms with Crippen molar-refractivity contribution in [2.75, 3.05) is 18.4 Å². The maximum absolute atomic E-state index is 12.7. The van der Waals surface area contributed by atoms with E-state index >= 15 is 0 Å². The third kappa shape index (κ3) is 2.76. The van der Waals surface area contributed by atoms with Gasteiger partial charge in [0, 0.05) is 30.2 Å². The summed E-state index contributed by atoms with van der Waals surface area (Å²) in [5.74, 6) is 0. The second-order valence-electron chi connectivity index (χ2n) is 5.98. The summed E-state index contributed by atoms with van der Waals surface area (Å²) in [5.41, 5.74) is 1.97. The first kappa shape index (κ1) is 15.2. The highest BCUT2D eigenvalue weighted by Crippen LogP contribution is 2.24. The zero-order valence-corrected chi connectivity index (χ0v) is 13.8. The van der Waals surface area contributed by atoms with E-state index in [9.17, 15) is 8.42 Å². The lowest BCUT2D eigenvalue weighted by atomic mass is 10.2. The van der Waals surface area contributed by atoms with E-state index in [1.807, 2.05) is 24.3 Å². The third-order valence-corrected chi connectivity index (χ3v) is 6.22. The number of hydrogen-bond donors (Lipinski definition) is 2. The Morgan fingerprint density at radius 1 is 1.17 bits per heavy atom. The molecule has 4 rings (SSSR count). The van der Waals surface area contributed by atoms with Gasteiger partial charge in [-0.15, -0.1) is 0 Å². The molecule has 2 heterocycles. The van der Waals surface area contributed by atoms with E-state index in [1.54, 1.807) is 34.8 Å². The first-order valence-electron chi connectivity index (χ1n) is 7.88. The zero-order chi connectivity index (χ0) is 16.6. The van der Waals surface area contributed by atoms with Crippen molar-refractivity contribution >= 4 is 26.6 Å². The standard InChI is InChI=1S/C17H18N4O2S/c22-24(23,16-4-2-1-3-5-16)21-9-8-15(12-21)19-14-6-7-17-13(10-14)11-18-20-17/h1-7,10-11,15,19H,8-9,12H2,(H,18,20). The molecule has 6 nitrogen and oxygen atoms in total. The van der Waals surface area contributed by atoms with Gasteiger partial charge in [-0.2, -0.15) is 9.40 Å². The summed E-state index contributed by atoms with van der Waals surface area (Å²) in [6, 6.07) is 14.7. The number of sulfonamides is 1. The molecule has 0 aliphatic carbocycles. The third-order valence-electron chi connectivity index (χ3n) is 4.34. The number of nitrogens with one attached hydrogen (secondary N) is 2. The Morgan fingerprint density at radius 2 is 2.00 bits per heavy atom. The second kappa shape index (κ2) is 5.92. The highest BCUT2D eigenvalue weighted by atomic mass is 32.2. The summed E-state index contributed by atoms with van der Waals surface area (Å²) in [6.07, 6.45) is 2.57. The molecule has 0 saturated carbocycles. The molecular formula is C17H18N4O2S. The molecule has 1 atom stereocenters. The average molecular weight is 342 g/mol. The Kier molecular flexibility index (Phi) is 3.74. The SMILES string of the molecule is O=S(=O)(c1ccccc1)N1CCC(Nc2ccc3[nH]ncc3c2)C1. The molecule has 1 fully saturated rings. The van der Waals surface area contributed by atoms with Crippen molar-refractivity contribution in [3.8, 4) is 0 Å². The summed E-state index contributed by atoms with van der Waals surface area (Å²) >= 11 is 0. The minimum absolute atomic E-state index is 0.104. The molecule has 2 aromatic carbocycles. The molecule has 1 aliphatic heterocycles. The summed E-state index contributed by atoms with van der Waals surface area (Å²) < 4.78 is 26.9. The summed E-state index contributed by atoms with van der Waals surface area (Å²) in [7, 11) is -3.41. The van der Waals surface area contributed by atoms with Gasteiger partial charge in [-0.25, -0.2) is 8.42 Å². The van der Waals surface area contributed by atoms with Crippen molar-refractivity contribution < 1.29 is 8.42 Å². The first-order valence-corrected chi connectivity index (χ1v) is 9.32. The van der Waals surface area contributed by atoms with Crippen molar-refractivity contribution in [2.24, 2.45) is 0 Å². The number of anilines is 1. The van der Waals surface area contributed by atoms with Gasteiger partial charge in [-0.3, -0.25) is 5.10 Å². The lowest BCUT2D eigenvalue weighted by Crippen LogP contribution is -2.31. The Balaban J connectivity index is 1.48. The maximum atomic E-state index is 12.7. The Bertz CT molecular complexity index is 953. The fraction of sp³-hybridized carbons (Fsp3) is 0.235. The van der Waals surface area contributed by atoms with Gasteiger partial charge in [-0.05, 0) is 36.8 Å². The summed E-state index contributed by atoms with van der Waals surface area (Å²) in [4.78, 5) is 0.352. The molecule has 0 amide bonds. The molecule has 1 saturated heterocycles. The number of nitrogens with zero attached hydrogens (tertiary/aromatic N) is 2. The van der Waals surface area contributed by atoms with E-state index in [0.29, 0.717) is 18.0 Å². The zero-order valence-electron chi connectivity index (χ0n) is 13.0. The lowest BCUT2D eigenvalue weighted by molar-refractivity contribution is 0.474. The molecule has 1 aliphatic rings. The second-order valence-corrected chi connectivity index (χ2v) is 7.92. The van der Waals surface area contributed by atoms with Crippen LogP contribution in [0.15, 0.2) is 59.6 Å². The highest BCUT2D eigenvalue weighted by molar-refractivity contribution is 7.89. The molecule has 0 spiro atoms. The van der Waals surface area contributed by atoms with Crippen molar-refractivity contribution in [1.82, 2.24) is 14.5 Å². The number of H-pyrrole nitrogens is 1. The quantitative estimate of drug-likeness (QED) is 0.763. The van der Waals surface area contributed by atoms with Crippen LogP contribution in [0, 0.1) is 0 Å². The van der Waals surface area contributed by atoms with Crippen LogP contribution in [-0.2, 0) is 10.0 Å². The molecule has 0 bridgehead atoms. The molecule has 2 N–H and O–H groups in total. The molecular weight excluding hydrogens is 324 g/mol. The first-order chi connectivity index (χ1) is 11.6. The topological polar surface area (TPSA) is 78.1 Å². The monoisotopic (exact) mass is 342 g/mol. The van der Waals surface area contributed by atoms with Crippen LogP contribution in [0.4, 0.5) is 5.69 Å². The molecule has 24 heavy (non-hydrogen) atoms. The molecule has 0 radical (unpaired) electrons. The lowest BCUT2D eigenvalue weighted by Gasteiger charge is -2.17. The van der Waals surface area contributed by atoms with Gasteiger partial charge >= 0.3 is 0 Å². The Morgan fingerprint density at radius 3 is 2.83 bits per heavy atom. The van der Waals surface area contributed by atoms with Crippen LogP contribution in [0.2, 0.25) is 0 Å². The van der Waals surface area contributed by atoms with Crippen LogP contribution >= 0.6 is 0 Å². The molecule has 124 valence electrons. The smallest absolute Gasteiger partial charge is 0.243 e. The van der Waals surface area contributed by atoms with Crippen LogP contribution in [0.3, 0.4) is 0 Å². The summed E-state index contributed by atoms with van der Waals surface area (Å²) in [5, 5.41) is 11.4. The van der Waals surface area contributed by atoms with Crippen molar-refractivity contribution in [2.45, 2.75) is 17.4 Å². The fourth-order valence-corrected chi connectivity index (χ4v) is 4.60. The van der Waals surface area contributed by atoms with E-state index in [1.165, 1.54) is 0 Å². The summed E-state index contributed by atoms with van der Waals surface area (Å²) in [6.45, 7) is 1.00. The van der Waals surface area contributed by atoms with Crippen LogP contribution in [0.1, 0.15) is 6.42 Å². The number of hydrogen-bond acceptors (Lipinski definition) is 4. The van der Waals surface area contributed by atoms with Crippen LogP contribution in [-0.4, -0.2) is 42.1 Å². The van der Waals surface area contributed by atoms with E-state index < -0.39 is 10.0 Å². The minimum atomic E-state index is -3.41. The number of aromatic amines is 1. The fourth-order valence-electron chi connectivity index (χ4n) is 3.07. The minimum Gasteiger partial charge on any atom is -0.381 e. The Hall–Kier alpha value is -2.38. The van der Waals surface area contributed by atoms with E-state index in [0.717, 1.165) is 23.0 Å².